The number of anilines is 1. The predicted octanol–water partition coefficient (Wildman–Crippen LogP) is 2.52. The lowest BCUT2D eigenvalue weighted by atomic mass is 9.85. The highest BCUT2D eigenvalue weighted by molar-refractivity contribution is 9.09. The summed E-state index contributed by atoms with van der Waals surface area (Å²) in [5.74, 6) is 0.0987. The van der Waals surface area contributed by atoms with Crippen LogP contribution in [0.25, 0.3) is 0 Å². The van der Waals surface area contributed by atoms with Crippen LogP contribution in [0.5, 0.6) is 0 Å². The zero-order valence-corrected chi connectivity index (χ0v) is 11.7. The Morgan fingerprint density at radius 2 is 2.06 bits per heavy atom. The zero-order chi connectivity index (χ0) is 12.8. The first-order valence-electron chi connectivity index (χ1n) is 5.41. The molecule has 17 heavy (non-hydrogen) atoms. The Labute approximate surface area is 109 Å². The number of likely N-dealkylation sites (N-methyl/N-ethyl adjacent to an activating group) is 1. The van der Waals surface area contributed by atoms with Crippen molar-refractivity contribution in [3.8, 4) is 0 Å². The van der Waals surface area contributed by atoms with Gasteiger partial charge in [-0.2, -0.15) is 0 Å². The number of fused-ring (bicyclic) bond motifs is 1. The van der Waals surface area contributed by atoms with Gasteiger partial charge in [-0.1, -0.05) is 15.9 Å². The summed E-state index contributed by atoms with van der Waals surface area (Å²) in [7, 11) is 1.77. The van der Waals surface area contributed by atoms with Gasteiger partial charge in [0.15, 0.2) is 5.78 Å². The molecule has 0 saturated heterocycles. The van der Waals surface area contributed by atoms with Crippen molar-refractivity contribution >= 4 is 33.3 Å². The predicted molar refractivity (Wildman–Crippen MR) is 71.0 cm³/mol. The van der Waals surface area contributed by atoms with Crippen LogP contribution in [0.15, 0.2) is 18.2 Å². The van der Waals surface area contributed by atoms with E-state index in [1.807, 2.05) is 26.0 Å². The van der Waals surface area contributed by atoms with Gasteiger partial charge in [-0.25, -0.2) is 0 Å². The molecule has 0 fully saturated rings. The third-order valence-electron chi connectivity index (χ3n) is 3.31. The van der Waals surface area contributed by atoms with Crippen molar-refractivity contribution in [2.45, 2.75) is 19.3 Å². The van der Waals surface area contributed by atoms with Crippen molar-refractivity contribution in [3.63, 3.8) is 0 Å². The van der Waals surface area contributed by atoms with Crippen molar-refractivity contribution in [1.82, 2.24) is 0 Å². The van der Waals surface area contributed by atoms with Crippen LogP contribution in [0.4, 0.5) is 5.69 Å². The number of hydrogen-bond donors (Lipinski definition) is 0. The molecule has 0 bridgehead atoms. The topological polar surface area (TPSA) is 37.4 Å². The number of carbonyl (C=O) groups excluding carboxylic acids is 2. The second-order valence-electron chi connectivity index (χ2n) is 4.78. The average Bonchev–Trinajstić information content (AvgIpc) is 2.50. The third kappa shape index (κ3) is 1.71. The maximum Gasteiger partial charge on any atom is 0.236 e. The van der Waals surface area contributed by atoms with Gasteiger partial charge >= 0.3 is 0 Å². The van der Waals surface area contributed by atoms with Gasteiger partial charge in [0, 0.05) is 18.3 Å². The highest BCUT2D eigenvalue weighted by Crippen LogP contribution is 2.41. The van der Waals surface area contributed by atoms with Gasteiger partial charge in [0.25, 0.3) is 0 Å². The minimum Gasteiger partial charge on any atom is -0.314 e. The summed E-state index contributed by atoms with van der Waals surface area (Å²) in [5.41, 5.74) is 1.92. The number of amides is 1. The molecule has 0 atom stereocenters. The van der Waals surface area contributed by atoms with E-state index in [0.717, 1.165) is 11.3 Å². The number of nitrogens with zero attached hydrogens (tertiary/aromatic N) is 1. The van der Waals surface area contributed by atoms with Gasteiger partial charge in [-0.3, -0.25) is 9.59 Å². The fraction of sp³-hybridized carbons (Fsp3) is 0.385. The summed E-state index contributed by atoms with van der Waals surface area (Å²) in [6.45, 7) is 3.78. The first-order chi connectivity index (χ1) is 7.89. The minimum atomic E-state index is -0.549. The molecule has 0 aliphatic carbocycles. The summed E-state index contributed by atoms with van der Waals surface area (Å²) in [6, 6.07) is 5.45. The second kappa shape index (κ2) is 3.95. The Bertz CT molecular complexity index is 508. The smallest absolute Gasteiger partial charge is 0.236 e. The Balaban J connectivity index is 2.58. The highest BCUT2D eigenvalue weighted by Gasteiger charge is 2.42. The molecule has 0 unspecified atom stereocenters. The zero-order valence-electron chi connectivity index (χ0n) is 10.1. The molecule has 0 spiro atoms. The molecule has 4 heteroatoms. The van der Waals surface area contributed by atoms with Crippen molar-refractivity contribution < 1.29 is 9.59 Å². The summed E-state index contributed by atoms with van der Waals surface area (Å²) in [4.78, 5) is 25.4. The quantitative estimate of drug-likeness (QED) is 0.621. The molecule has 0 radical (unpaired) electrons. The molecule has 2 rings (SSSR count). The Morgan fingerprint density at radius 1 is 1.41 bits per heavy atom. The molecule has 0 saturated carbocycles. The number of ketones is 1. The average molecular weight is 296 g/mol. The second-order valence-corrected chi connectivity index (χ2v) is 5.34. The molecular formula is C13H14BrNO2. The van der Waals surface area contributed by atoms with Crippen molar-refractivity contribution in [1.29, 1.82) is 0 Å². The van der Waals surface area contributed by atoms with Gasteiger partial charge in [0.1, 0.15) is 0 Å². The van der Waals surface area contributed by atoms with Gasteiger partial charge in [0.05, 0.1) is 10.7 Å². The molecule has 1 amide bonds. The molecule has 90 valence electrons. The van der Waals surface area contributed by atoms with Crippen LogP contribution in [0.1, 0.15) is 29.8 Å². The van der Waals surface area contributed by atoms with E-state index in [-0.39, 0.29) is 11.7 Å². The number of benzene rings is 1. The summed E-state index contributed by atoms with van der Waals surface area (Å²) in [6.07, 6.45) is 0. The van der Waals surface area contributed by atoms with E-state index < -0.39 is 5.41 Å². The van der Waals surface area contributed by atoms with E-state index in [2.05, 4.69) is 15.9 Å². The number of Topliss-reactive ketones (excluding diaryl/α,β-unsaturated/α-hetero) is 1. The fourth-order valence-electron chi connectivity index (χ4n) is 2.22. The maximum absolute atomic E-state index is 12.1. The van der Waals surface area contributed by atoms with Crippen molar-refractivity contribution in [3.05, 3.63) is 29.3 Å². The van der Waals surface area contributed by atoms with E-state index >= 15 is 0 Å². The molecule has 0 N–H and O–H groups in total. The summed E-state index contributed by atoms with van der Waals surface area (Å²) < 4.78 is 0. The Morgan fingerprint density at radius 3 is 2.65 bits per heavy atom. The number of rotatable bonds is 2. The number of hydrogen-bond acceptors (Lipinski definition) is 2. The van der Waals surface area contributed by atoms with Crippen molar-refractivity contribution in [2.75, 3.05) is 17.3 Å². The largest absolute Gasteiger partial charge is 0.314 e. The van der Waals surface area contributed by atoms with Crippen LogP contribution in [0.2, 0.25) is 0 Å². The first kappa shape index (κ1) is 12.3. The first-order valence-corrected chi connectivity index (χ1v) is 6.53. The van der Waals surface area contributed by atoms with Crippen LogP contribution < -0.4 is 4.90 Å². The molecule has 1 aliphatic rings. The van der Waals surface area contributed by atoms with Crippen LogP contribution in [0, 0.1) is 0 Å². The van der Waals surface area contributed by atoms with Crippen LogP contribution >= 0.6 is 15.9 Å². The van der Waals surface area contributed by atoms with Crippen LogP contribution in [-0.2, 0) is 10.2 Å². The number of halogens is 1. The van der Waals surface area contributed by atoms with Gasteiger partial charge in [-0.05, 0) is 37.6 Å². The standard InChI is InChI=1S/C13H14BrNO2/c1-13(2)9-6-8(11(16)7-14)4-5-10(9)15(3)12(13)17/h4-6H,7H2,1-3H3. The van der Waals surface area contributed by atoms with E-state index in [1.165, 1.54) is 0 Å². The normalized spacial score (nSPS) is 17.2. The monoisotopic (exact) mass is 295 g/mol. The lowest BCUT2D eigenvalue weighted by Crippen LogP contribution is -2.33. The minimum absolute atomic E-state index is 0.0330. The third-order valence-corrected chi connectivity index (χ3v) is 3.82. The molecule has 1 heterocycles. The Hall–Kier alpha value is -1.16. The Kier molecular flexibility index (Phi) is 2.86. The maximum atomic E-state index is 12.1. The molecule has 1 aliphatic heterocycles. The highest BCUT2D eigenvalue weighted by atomic mass is 79.9. The molecular weight excluding hydrogens is 282 g/mol. The van der Waals surface area contributed by atoms with E-state index in [9.17, 15) is 9.59 Å². The number of alkyl halides is 1. The molecule has 1 aromatic rings. The summed E-state index contributed by atoms with van der Waals surface area (Å²) >= 11 is 3.16. The lowest BCUT2D eigenvalue weighted by molar-refractivity contribution is -0.121. The molecule has 1 aromatic carbocycles. The van der Waals surface area contributed by atoms with Gasteiger partial charge < -0.3 is 4.90 Å². The number of carbonyl (C=O) groups is 2. The lowest BCUT2D eigenvalue weighted by Gasteiger charge is -2.16. The SMILES string of the molecule is CN1C(=O)C(C)(C)c2cc(C(=O)CBr)ccc21. The van der Waals surface area contributed by atoms with Gasteiger partial charge in [0.2, 0.25) is 5.91 Å². The van der Waals surface area contributed by atoms with E-state index in [1.54, 1.807) is 18.0 Å². The van der Waals surface area contributed by atoms with E-state index in [0.29, 0.717) is 10.9 Å². The molecule has 0 aromatic heterocycles. The fourth-order valence-corrected chi connectivity index (χ4v) is 2.55. The molecule has 3 nitrogen and oxygen atoms in total. The van der Waals surface area contributed by atoms with Crippen LogP contribution in [0.3, 0.4) is 0 Å². The summed E-state index contributed by atoms with van der Waals surface area (Å²) in [5, 5.41) is 0.302. The van der Waals surface area contributed by atoms with Crippen LogP contribution in [-0.4, -0.2) is 24.1 Å². The van der Waals surface area contributed by atoms with E-state index in [4.69, 9.17) is 0 Å². The van der Waals surface area contributed by atoms with Crippen molar-refractivity contribution in [2.24, 2.45) is 0 Å². The van der Waals surface area contributed by atoms with Gasteiger partial charge in [-0.15, -0.1) is 0 Å².